The predicted molar refractivity (Wildman–Crippen MR) is 85.8 cm³/mol. The Balaban J connectivity index is 2.28. The minimum Gasteiger partial charge on any atom is -0.368 e. The Bertz CT molecular complexity index is 655. The van der Waals surface area contributed by atoms with E-state index >= 15 is 0 Å². The average molecular weight is 324 g/mol. The number of sulfonamides is 1. The molecule has 0 radical (unpaired) electrons. The van der Waals surface area contributed by atoms with Crippen molar-refractivity contribution in [2.75, 3.05) is 0 Å². The van der Waals surface area contributed by atoms with E-state index < -0.39 is 22.0 Å². The van der Waals surface area contributed by atoms with E-state index in [1.807, 2.05) is 19.9 Å². The molecule has 2 atom stereocenters. The van der Waals surface area contributed by atoms with Crippen LogP contribution in [0, 0.1) is 5.92 Å². The molecule has 3 N–H and O–H groups in total. The topological polar surface area (TPSA) is 89.3 Å². The fourth-order valence-corrected chi connectivity index (χ4v) is 4.17. The van der Waals surface area contributed by atoms with E-state index in [1.165, 1.54) is 5.56 Å². The maximum atomic E-state index is 12.5. The molecule has 122 valence electrons. The van der Waals surface area contributed by atoms with Gasteiger partial charge in [0.1, 0.15) is 6.04 Å². The summed E-state index contributed by atoms with van der Waals surface area (Å²) in [5.41, 5.74) is 7.66. The molecule has 0 heterocycles. The zero-order chi connectivity index (χ0) is 16.3. The summed E-state index contributed by atoms with van der Waals surface area (Å²) in [7, 11) is -3.74. The highest BCUT2D eigenvalue weighted by molar-refractivity contribution is 7.89. The second kappa shape index (κ2) is 6.79. The van der Waals surface area contributed by atoms with Gasteiger partial charge in [0.05, 0.1) is 4.90 Å². The average Bonchev–Trinajstić information content (AvgIpc) is 2.51. The number of nitrogens with one attached hydrogen (secondary N) is 1. The first kappa shape index (κ1) is 17.0. The number of primary amides is 1. The maximum Gasteiger partial charge on any atom is 0.241 e. The van der Waals surface area contributed by atoms with Gasteiger partial charge in [-0.3, -0.25) is 4.79 Å². The van der Waals surface area contributed by atoms with Crippen LogP contribution < -0.4 is 10.5 Å². The molecule has 2 rings (SSSR count). The van der Waals surface area contributed by atoms with Crippen LogP contribution in [0.2, 0.25) is 0 Å². The summed E-state index contributed by atoms with van der Waals surface area (Å²) in [5, 5.41) is 0. The SMILES string of the molecule is CCC(C)C(NS(=O)(=O)c1ccc2c(c1)CCCC2)C(N)=O. The summed E-state index contributed by atoms with van der Waals surface area (Å²) >= 11 is 0. The largest absolute Gasteiger partial charge is 0.368 e. The summed E-state index contributed by atoms with van der Waals surface area (Å²) in [6.45, 7) is 3.71. The Kier molecular flexibility index (Phi) is 5.24. The van der Waals surface area contributed by atoms with E-state index in [0.717, 1.165) is 31.2 Å². The Hall–Kier alpha value is -1.40. The van der Waals surface area contributed by atoms with Crippen LogP contribution in [0.1, 0.15) is 44.2 Å². The number of rotatable bonds is 6. The monoisotopic (exact) mass is 324 g/mol. The molecule has 1 aliphatic carbocycles. The number of amides is 1. The summed E-state index contributed by atoms with van der Waals surface area (Å²) in [6, 6.07) is 4.34. The van der Waals surface area contributed by atoms with Crippen LogP contribution in [0.15, 0.2) is 23.1 Å². The number of carbonyl (C=O) groups excluding carboxylic acids is 1. The van der Waals surface area contributed by atoms with E-state index in [4.69, 9.17) is 5.73 Å². The fourth-order valence-electron chi connectivity index (χ4n) is 2.80. The molecule has 0 spiro atoms. The molecular formula is C16H24N2O3S. The van der Waals surface area contributed by atoms with E-state index in [1.54, 1.807) is 12.1 Å². The van der Waals surface area contributed by atoms with Crippen LogP contribution >= 0.6 is 0 Å². The standard InChI is InChI=1S/C16H24N2O3S/c1-3-11(2)15(16(17)19)18-22(20,21)14-9-8-12-6-4-5-7-13(12)10-14/h8-11,15,18H,3-7H2,1-2H3,(H2,17,19). The van der Waals surface area contributed by atoms with Gasteiger partial charge in [-0.25, -0.2) is 8.42 Å². The molecular weight excluding hydrogens is 300 g/mol. The second-order valence-corrected chi connectivity index (χ2v) is 7.74. The molecule has 0 saturated carbocycles. The number of benzene rings is 1. The summed E-state index contributed by atoms with van der Waals surface area (Å²) < 4.78 is 27.5. The normalized spacial score (nSPS) is 17.5. The number of aryl methyl sites for hydroxylation is 2. The Morgan fingerprint density at radius 1 is 1.27 bits per heavy atom. The molecule has 1 aromatic rings. The molecule has 5 nitrogen and oxygen atoms in total. The van der Waals surface area contributed by atoms with E-state index in [2.05, 4.69) is 4.72 Å². The van der Waals surface area contributed by atoms with Crippen molar-refractivity contribution in [2.45, 2.75) is 56.9 Å². The zero-order valence-electron chi connectivity index (χ0n) is 13.1. The van der Waals surface area contributed by atoms with Crippen LogP contribution in [0.4, 0.5) is 0 Å². The van der Waals surface area contributed by atoms with Crippen LogP contribution in [-0.2, 0) is 27.7 Å². The smallest absolute Gasteiger partial charge is 0.241 e. The minimum atomic E-state index is -3.74. The minimum absolute atomic E-state index is 0.148. The summed E-state index contributed by atoms with van der Waals surface area (Å²) in [5.74, 6) is -0.791. The van der Waals surface area contributed by atoms with Crippen molar-refractivity contribution >= 4 is 15.9 Å². The van der Waals surface area contributed by atoms with Crippen molar-refractivity contribution in [1.29, 1.82) is 0 Å². The third kappa shape index (κ3) is 3.67. The highest BCUT2D eigenvalue weighted by Crippen LogP contribution is 2.24. The number of hydrogen-bond acceptors (Lipinski definition) is 3. The summed E-state index contributed by atoms with van der Waals surface area (Å²) in [6.07, 6.45) is 4.80. The number of carbonyl (C=O) groups is 1. The molecule has 1 aliphatic rings. The van der Waals surface area contributed by atoms with Crippen LogP contribution in [0.3, 0.4) is 0 Å². The lowest BCUT2D eigenvalue weighted by molar-refractivity contribution is -0.120. The van der Waals surface area contributed by atoms with Crippen LogP contribution in [-0.4, -0.2) is 20.4 Å². The molecule has 22 heavy (non-hydrogen) atoms. The van der Waals surface area contributed by atoms with Gasteiger partial charge < -0.3 is 5.73 Å². The van der Waals surface area contributed by atoms with E-state index in [9.17, 15) is 13.2 Å². The molecule has 0 saturated heterocycles. The van der Waals surface area contributed by atoms with Crippen molar-refractivity contribution in [3.63, 3.8) is 0 Å². The number of fused-ring (bicyclic) bond motifs is 1. The number of hydrogen-bond donors (Lipinski definition) is 2. The first-order valence-electron chi connectivity index (χ1n) is 7.78. The van der Waals surface area contributed by atoms with Crippen LogP contribution in [0.25, 0.3) is 0 Å². The van der Waals surface area contributed by atoms with Gasteiger partial charge in [0.2, 0.25) is 15.9 Å². The van der Waals surface area contributed by atoms with Crippen molar-refractivity contribution in [1.82, 2.24) is 4.72 Å². The van der Waals surface area contributed by atoms with Crippen LogP contribution in [0.5, 0.6) is 0 Å². The van der Waals surface area contributed by atoms with E-state index in [0.29, 0.717) is 6.42 Å². The van der Waals surface area contributed by atoms with Gasteiger partial charge in [0.25, 0.3) is 0 Å². The molecule has 0 bridgehead atoms. The third-order valence-electron chi connectivity index (χ3n) is 4.43. The Labute approximate surface area is 132 Å². The lowest BCUT2D eigenvalue weighted by Gasteiger charge is -2.22. The lowest BCUT2D eigenvalue weighted by Crippen LogP contribution is -2.48. The van der Waals surface area contributed by atoms with Gasteiger partial charge in [-0.05, 0) is 54.9 Å². The van der Waals surface area contributed by atoms with Crippen molar-refractivity contribution in [3.05, 3.63) is 29.3 Å². The summed E-state index contributed by atoms with van der Waals surface area (Å²) in [4.78, 5) is 11.7. The fraction of sp³-hybridized carbons (Fsp3) is 0.562. The van der Waals surface area contributed by atoms with Gasteiger partial charge in [0, 0.05) is 0 Å². The van der Waals surface area contributed by atoms with Crippen molar-refractivity contribution in [3.8, 4) is 0 Å². The maximum absolute atomic E-state index is 12.5. The highest BCUT2D eigenvalue weighted by atomic mass is 32.2. The third-order valence-corrected chi connectivity index (χ3v) is 5.87. The quantitative estimate of drug-likeness (QED) is 0.835. The number of nitrogens with two attached hydrogens (primary N) is 1. The van der Waals surface area contributed by atoms with Crippen molar-refractivity contribution < 1.29 is 13.2 Å². The predicted octanol–water partition coefficient (Wildman–Crippen LogP) is 1.74. The van der Waals surface area contributed by atoms with Gasteiger partial charge >= 0.3 is 0 Å². The lowest BCUT2D eigenvalue weighted by atomic mass is 9.92. The van der Waals surface area contributed by atoms with E-state index in [-0.39, 0.29) is 10.8 Å². The molecule has 0 aromatic heterocycles. The molecule has 1 amide bonds. The highest BCUT2D eigenvalue weighted by Gasteiger charge is 2.28. The molecule has 0 aliphatic heterocycles. The Morgan fingerprint density at radius 3 is 2.50 bits per heavy atom. The second-order valence-electron chi connectivity index (χ2n) is 6.02. The van der Waals surface area contributed by atoms with Gasteiger partial charge in [-0.1, -0.05) is 26.3 Å². The van der Waals surface area contributed by atoms with Gasteiger partial charge in [-0.15, -0.1) is 0 Å². The van der Waals surface area contributed by atoms with Crippen molar-refractivity contribution in [2.24, 2.45) is 11.7 Å². The molecule has 2 unspecified atom stereocenters. The molecule has 1 aromatic carbocycles. The Morgan fingerprint density at radius 2 is 1.91 bits per heavy atom. The first-order chi connectivity index (χ1) is 10.3. The van der Waals surface area contributed by atoms with Gasteiger partial charge in [-0.2, -0.15) is 4.72 Å². The molecule has 0 fully saturated rings. The zero-order valence-corrected chi connectivity index (χ0v) is 13.9. The van der Waals surface area contributed by atoms with Gasteiger partial charge in [0.15, 0.2) is 0 Å². The first-order valence-corrected chi connectivity index (χ1v) is 9.27. The molecule has 6 heteroatoms.